The maximum Gasteiger partial charge on any atom is 0.270 e. The van der Waals surface area contributed by atoms with Gasteiger partial charge < -0.3 is 15.5 Å². The van der Waals surface area contributed by atoms with Crippen LogP contribution < -0.4 is 11.1 Å². The first-order valence-electron chi connectivity index (χ1n) is 4.77. The van der Waals surface area contributed by atoms with E-state index in [1.165, 1.54) is 0 Å². The number of nitrogens with zero attached hydrogens (tertiary/aromatic N) is 1. The van der Waals surface area contributed by atoms with Crippen molar-refractivity contribution in [2.45, 2.75) is 6.54 Å². The average Bonchev–Trinajstić information content (AvgIpc) is 2.78. The van der Waals surface area contributed by atoms with E-state index in [2.05, 4.69) is 10.3 Å². The molecule has 0 atom stereocenters. The van der Waals surface area contributed by atoms with Crippen LogP contribution in [0, 0.1) is 0 Å². The van der Waals surface area contributed by atoms with Gasteiger partial charge in [0, 0.05) is 12.1 Å². The number of nitrogen functional groups attached to an aromatic ring is 1. The second-order valence-corrected chi connectivity index (χ2v) is 3.26. The number of rotatable bonds is 3. The van der Waals surface area contributed by atoms with Gasteiger partial charge in [0.1, 0.15) is 11.5 Å². The number of furan rings is 1. The molecule has 0 saturated heterocycles. The van der Waals surface area contributed by atoms with Gasteiger partial charge in [0.15, 0.2) is 0 Å². The van der Waals surface area contributed by atoms with Gasteiger partial charge >= 0.3 is 0 Å². The van der Waals surface area contributed by atoms with E-state index in [1.807, 2.05) is 0 Å². The molecule has 82 valence electrons. The molecule has 0 aliphatic heterocycles. The minimum absolute atomic E-state index is 0.256. The van der Waals surface area contributed by atoms with Gasteiger partial charge in [-0.3, -0.25) is 4.79 Å². The number of amides is 1. The summed E-state index contributed by atoms with van der Waals surface area (Å²) < 4.78 is 4.88. The molecule has 16 heavy (non-hydrogen) atoms. The van der Waals surface area contributed by atoms with Crippen LogP contribution in [0.25, 0.3) is 0 Å². The summed E-state index contributed by atoms with van der Waals surface area (Å²) in [6.07, 6.45) is 3.13. The summed E-state index contributed by atoms with van der Waals surface area (Å²) in [7, 11) is 0. The van der Waals surface area contributed by atoms with Gasteiger partial charge in [-0.05, 0) is 18.2 Å². The van der Waals surface area contributed by atoms with Gasteiger partial charge in [-0.25, -0.2) is 4.98 Å². The highest BCUT2D eigenvalue weighted by molar-refractivity contribution is 5.92. The van der Waals surface area contributed by atoms with Gasteiger partial charge in [0.25, 0.3) is 5.91 Å². The van der Waals surface area contributed by atoms with Crippen molar-refractivity contribution in [1.82, 2.24) is 10.3 Å². The van der Waals surface area contributed by atoms with E-state index in [4.69, 9.17) is 10.2 Å². The molecule has 0 aliphatic rings. The van der Waals surface area contributed by atoms with Crippen LogP contribution in [0.2, 0.25) is 0 Å². The van der Waals surface area contributed by atoms with Crippen molar-refractivity contribution in [2.24, 2.45) is 0 Å². The Bertz CT molecular complexity index is 480. The summed E-state index contributed by atoms with van der Waals surface area (Å²) in [5.74, 6) is 0.0736. The maximum absolute atomic E-state index is 11.6. The SMILES string of the molecule is Nc1cccc(C(=O)NCc2ccoc2)n1. The Morgan fingerprint density at radius 1 is 1.44 bits per heavy atom. The molecular formula is C11H11N3O2. The molecular weight excluding hydrogens is 206 g/mol. The average molecular weight is 217 g/mol. The second-order valence-electron chi connectivity index (χ2n) is 3.26. The van der Waals surface area contributed by atoms with Crippen molar-refractivity contribution in [3.8, 4) is 0 Å². The lowest BCUT2D eigenvalue weighted by molar-refractivity contribution is 0.0946. The van der Waals surface area contributed by atoms with E-state index in [-0.39, 0.29) is 5.91 Å². The van der Waals surface area contributed by atoms with Crippen LogP contribution in [0.15, 0.2) is 41.2 Å². The van der Waals surface area contributed by atoms with Crippen LogP contribution in [0.3, 0.4) is 0 Å². The Balaban J connectivity index is 1.98. The fraction of sp³-hybridized carbons (Fsp3) is 0.0909. The highest BCUT2D eigenvalue weighted by Crippen LogP contribution is 2.02. The molecule has 0 bridgehead atoms. The molecule has 0 aromatic carbocycles. The van der Waals surface area contributed by atoms with Crippen LogP contribution in [0.4, 0.5) is 5.82 Å². The van der Waals surface area contributed by atoms with Gasteiger partial charge in [-0.2, -0.15) is 0 Å². The van der Waals surface area contributed by atoms with Gasteiger partial charge in [-0.15, -0.1) is 0 Å². The van der Waals surface area contributed by atoms with Crippen molar-refractivity contribution in [3.63, 3.8) is 0 Å². The minimum atomic E-state index is -0.256. The fourth-order valence-electron chi connectivity index (χ4n) is 1.24. The molecule has 0 spiro atoms. The first kappa shape index (κ1) is 10.2. The molecule has 0 aliphatic carbocycles. The van der Waals surface area contributed by atoms with Crippen molar-refractivity contribution in [1.29, 1.82) is 0 Å². The van der Waals surface area contributed by atoms with E-state index in [0.29, 0.717) is 18.1 Å². The van der Waals surface area contributed by atoms with E-state index in [0.717, 1.165) is 5.56 Å². The predicted molar refractivity (Wildman–Crippen MR) is 58.5 cm³/mol. The van der Waals surface area contributed by atoms with E-state index in [1.54, 1.807) is 36.8 Å². The lowest BCUT2D eigenvalue weighted by Gasteiger charge is -2.03. The lowest BCUT2D eigenvalue weighted by Crippen LogP contribution is -2.23. The smallest absolute Gasteiger partial charge is 0.270 e. The van der Waals surface area contributed by atoms with Crippen molar-refractivity contribution in [2.75, 3.05) is 5.73 Å². The number of pyridine rings is 1. The molecule has 2 aromatic heterocycles. The van der Waals surface area contributed by atoms with E-state index < -0.39 is 0 Å². The summed E-state index contributed by atoms with van der Waals surface area (Å²) in [5, 5.41) is 2.71. The summed E-state index contributed by atoms with van der Waals surface area (Å²) in [4.78, 5) is 15.5. The summed E-state index contributed by atoms with van der Waals surface area (Å²) in [5.41, 5.74) is 6.69. The number of carbonyl (C=O) groups is 1. The number of nitrogens with two attached hydrogens (primary N) is 1. The molecule has 5 heteroatoms. The van der Waals surface area contributed by atoms with Gasteiger partial charge in [0.05, 0.1) is 12.5 Å². The van der Waals surface area contributed by atoms with Crippen LogP contribution in [0.1, 0.15) is 16.1 Å². The van der Waals surface area contributed by atoms with Crippen LogP contribution in [0.5, 0.6) is 0 Å². The molecule has 0 unspecified atom stereocenters. The highest BCUT2D eigenvalue weighted by atomic mass is 16.3. The van der Waals surface area contributed by atoms with Crippen LogP contribution in [-0.2, 0) is 6.54 Å². The molecule has 0 radical (unpaired) electrons. The fourth-order valence-corrected chi connectivity index (χ4v) is 1.24. The number of aromatic nitrogens is 1. The predicted octanol–water partition coefficient (Wildman–Crippen LogP) is 1.19. The Morgan fingerprint density at radius 3 is 3.00 bits per heavy atom. The normalized spacial score (nSPS) is 10.0. The first-order chi connectivity index (χ1) is 7.75. The standard InChI is InChI=1S/C11H11N3O2/c12-10-3-1-2-9(14-10)11(15)13-6-8-4-5-16-7-8/h1-5,7H,6H2,(H2,12,14)(H,13,15). The molecule has 2 heterocycles. The van der Waals surface area contributed by atoms with Gasteiger partial charge in [-0.1, -0.05) is 6.07 Å². The number of carbonyl (C=O) groups excluding carboxylic acids is 1. The summed E-state index contributed by atoms with van der Waals surface area (Å²) >= 11 is 0. The summed E-state index contributed by atoms with van der Waals surface area (Å²) in [6.45, 7) is 0.409. The van der Waals surface area contributed by atoms with Crippen molar-refractivity contribution in [3.05, 3.63) is 48.0 Å². The maximum atomic E-state index is 11.6. The Hall–Kier alpha value is -2.30. The molecule has 0 saturated carbocycles. The third-order valence-electron chi connectivity index (χ3n) is 2.04. The highest BCUT2D eigenvalue weighted by Gasteiger charge is 2.06. The topological polar surface area (TPSA) is 81.2 Å². The second kappa shape index (κ2) is 4.48. The number of hydrogen-bond donors (Lipinski definition) is 2. The number of hydrogen-bond acceptors (Lipinski definition) is 4. The Kier molecular flexibility index (Phi) is 2.86. The van der Waals surface area contributed by atoms with E-state index in [9.17, 15) is 4.79 Å². The molecule has 2 aromatic rings. The van der Waals surface area contributed by atoms with E-state index >= 15 is 0 Å². The van der Waals surface area contributed by atoms with Crippen molar-refractivity contribution >= 4 is 11.7 Å². The number of anilines is 1. The third-order valence-corrected chi connectivity index (χ3v) is 2.04. The van der Waals surface area contributed by atoms with Crippen molar-refractivity contribution < 1.29 is 9.21 Å². The molecule has 1 amide bonds. The zero-order valence-corrected chi connectivity index (χ0v) is 8.51. The molecule has 0 fully saturated rings. The Morgan fingerprint density at radius 2 is 2.31 bits per heavy atom. The molecule has 5 nitrogen and oxygen atoms in total. The lowest BCUT2D eigenvalue weighted by atomic mass is 10.3. The van der Waals surface area contributed by atoms with Gasteiger partial charge in [0.2, 0.25) is 0 Å². The third kappa shape index (κ3) is 2.38. The monoisotopic (exact) mass is 217 g/mol. The zero-order chi connectivity index (χ0) is 11.4. The largest absolute Gasteiger partial charge is 0.472 e. The molecule has 3 N–H and O–H groups in total. The number of nitrogens with one attached hydrogen (secondary N) is 1. The minimum Gasteiger partial charge on any atom is -0.472 e. The quantitative estimate of drug-likeness (QED) is 0.809. The van der Waals surface area contributed by atoms with Crippen LogP contribution in [-0.4, -0.2) is 10.9 Å². The first-order valence-corrected chi connectivity index (χ1v) is 4.77. The Labute approximate surface area is 92.3 Å². The zero-order valence-electron chi connectivity index (χ0n) is 8.51. The molecule has 2 rings (SSSR count). The van der Waals surface area contributed by atoms with Crippen LogP contribution >= 0.6 is 0 Å². The summed E-state index contributed by atoms with van der Waals surface area (Å²) in [6, 6.07) is 6.72.